The molecular weight excluding hydrogens is 342 g/mol. The molecule has 0 saturated heterocycles. The Bertz CT molecular complexity index is 1010. The fraction of sp³-hybridized carbons (Fsp3) is 0.294. The monoisotopic (exact) mass is 357 g/mol. The first-order chi connectivity index (χ1) is 12.1. The van der Waals surface area contributed by atoms with Crippen molar-refractivity contribution in [2.24, 2.45) is 0 Å². The van der Waals surface area contributed by atoms with E-state index in [1.54, 1.807) is 18.2 Å². The summed E-state index contributed by atoms with van der Waals surface area (Å²) in [4.78, 5) is 24.4. The van der Waals surface area contributed by atoms with Crippen molar-refractivity contribution >= 4 is 33.3 Å². The van der Waals surface area contributed by atoms with E-state index in [0.29, 0.717) is 34.4 Å². The van der Waals surface area contributed by atoms with Crippen LogP contribution in [0.3, 0.4) is 0 Å². The zero-order chi connectivity index (χ0) is 17.4. The van der Waals surface area contributed by atoms with Crippen LogP contribution in [0.1, 0.15) is 41.0 Å². The maximum atomic E-state index is 12.6. The molecule has 2 heterocycles. The average Bonchev–Trinajstić information content (AvgIpc) is 3.34. The topological polar surface area (TPSA) is 94.3 Å². The fourth-order valence-electron chi connectivity index (χ4n) is 2.53. The number of hydrogen-bond acceptors (Lipinski definition) is 7. The van der Waals surface area contributed by atoms with Gasteiger partial charge in [0.2, 0.25) is 5.13 Å². The van der Waals surface area contributed by atoms with Gasteiger partial charge in [0.05, 0.1) is 12.2 Å². The van der Waals surface area contributed by atoms with Gasteiger partial charge in [0.15, 0.2) is 0 Å². The van der Waals surface area contributed by atoms with Crippen LogP contribution in [0, 0.1) is 0 Å². The maximum Gasteiger partial charge on any atom is 0.337 e. The average molecular weight is 357 g/mol. The highest BCUT2D eigenvalue weighted by Crippen LogP contribution is 2.42. The smallest absolute Gasteiger partial charge is 0.337 e. The molecule has 1 saturated carbocycles. The van der Waals surface area contributed by atoms with Crippen molar-refractivity contribution in [1.29, 1.82) is 0 Å². The number of carbonyl (C=O) groups is 1. The Kier molecular flexibility index (Phi) is 3.96. The lowest BCUT2D eigenvalue weighted by Gasteiger charge is -2.07. The van der Waals surface area contributed by atoms with E-state index in [-0.39, 0.29) is 5.56 Å². The van der Waals surface area contributed by atoms with Gasteiger partial charge in [-0.3, -0.25) is 10.1 Å². The third kappa shape index (κ3) is 3.25. The molecule has 4 rings (SSSR count). The lowest BCUT2D eigenvalue weighted by atomic mass is 10.1. The lowest BCUT2D eigenvalue weighted by molar-refractivity contribution is 0.102. The van der Waals surface area contributed by atoms with Crippen molar-refractivity contribution in [2.45, 2.75) is 25.7 Å². The predicted octanol–water partition coefficient (Wildman–Crippen LogP) is 3.17. The van der Waals surface area contributed by atoms with Gasteiger partial charge in [-0.1, -0.05) is 11.3 Å². The molecule has 0 spiro atoms. The predicted molar refractivity (Wildman–Crippen MR) is 93.5 cm³/mol. The first-order valence-corrected chi connectivity index (χ1v) is 8.81. The van der Waals surface area contributed by atoms with Gasteiger partial charge in [-0.15, -0.1) is 10.2 Å². The summed E-state index contributed by atoms with van der Waals surface area (Å²) in [5.41, 5.74) is -0.0563. The summed E-state index contributed by atoms with van der Waals surface area (Å²) in [6, 6.07) is 6.22. The summed E-state index contributed by atoms with van der Waals surface area (Å²) in [5.74, 6) is 0.638. The maximum absolute atomic E-state index is 12.6. The minimum absolute atomic E-state index is 0.234. The largest absolute Gasteiger partial charge is 0.494 e. The highest BCUT2D eigenvalue weighted by molar-refractivity contribution is 7.15. The summed E-state index contributed by atoms with van der Waals surface area (Å²) in [6.07, 6.45) is 2.24. The van der Waals surface area contributed by atoms with Crippen molar-refractivity contribution in [3.8, 4) is 5.75 Å². The van der Waals surface area contributed by atoms with E-state index >= 15 is 0 Å². The minimum atomic E-state index is -0.595. The number of anilines is 1. The standard InChI is InChI=1S/C17H15N3O4S/c1-2-23-10-5-6-11-12(8-14(21)24-13(11)7-10)15(22)18-17-20-19-16(25-17)9-3-4-9/h5-9H,2-4H2,1H3,(H,18,20,22). The summed E-state index contributed by atoms with van der Waals surface area (Å²) < 4.78 is 10.6. The van der Waals surface area contributed by atoms with E-state index in [0.717, 1.165) is 17.8 Å². The van der Waals surface area contributed by atoms with Gasteiger partial charge >= 0.3 is 5.63 Å². The second-order valence-corrected chi connectivity index (χ2v) is 6.75. The number of amides is 1. The number of ether oxygens (including phenoxy) is 1. The van der Waals surface area contributed by atoms with Crippen molar-refractivity contribution in [2.75, 3.05) is 11.9 Å². The molecule has 128 valence electrons. The third-order valence-electron chi connectivity index (χ3n) is 3.86. The van der Waals surface area contributed by atoms with Crippen LogP contribution in [0.15, 0.2) is 33.5 Å². The fourth-order valence-corrected chi connectivity index (χ4v) is 3.44. The Morgan fingerprint density at radius 3 is 2.96 bits per heavy atom. The quantitative estimate of drug-likeness (QED) is 0.705. The molecular formula is C17H15N3O4S. The first kappa shape index (κ1) is 15.8. The van der Waals surface area contributed by atoms with Gasteiger partial charge in [0.1, 0.15) is 16.3 Å². The van der Waals surface area contributed by atoms with E-state index in [4.69, 9.17) is 9.15 Å². The number of carbonyl (C=O) groups excluding carboxylic acids is 1. The number of hydrogen-bond donors (Lipinski definition) is 1. The van der Waals surface area contributed by atoms with Crippen LogP contribution in [0.4, 0.5) is 5.13 Å². The molecule has 0 bridgehead atoms. The van der Waals surface area contributed by atoms with Gasteiger partial charge in [-0.2, -0.15) is 0 Å². The Labute approximate surface area is 146 Å². The number of nitrogens with one attached hydrogen (secondary N) is 1. The van der Waals surface area contributed by atoms with Crippen molar-refractivity contribution < 1.29 is 13.9 Å². The van der Waals surface area contributed by atoms with E-state index < -0.39 is 11.5 Å². The number of aromatic nitrogens is 2. The zero-order valence-corrected chi connectivity index (χ0v) is 14.3. The molecule has 1 aliphatic carbocycles. The van der Waals surface area contributed by atoms with Crippen LogP contribution in [-0.2, 0) is 0 Å². The molecule has 2 aromatic heterocycles. The molecule has 25 heavy (non-hydrogen) atoms. The molecule has 1 amide bonds. The molecule has 1 aliphatic rings. The SMILES string of the molecule is CCOc1ccc2c(C(=O)Nc3nnc(C4CC4)s3)cc(=O)oc2c1. The number of rotatable bonds is 5. The molecule has 7 nitrogen and oxygen atoms in total. The number of nitrogens with zero attached hydrogens (tertiary/aromatic N) is 2. The highest BCUT2D eigenvalue weighted by atomic mass is 32.1. The first-order valence-electron chi connectivity index (χ1n) is 7.99. The molecule has 3 aromatic rings. The molecule has 8 heteroatoms. The van der Waals surface area contributed by atoms with E-state index in [2.05, 4.69) is 15.5 Å². The second kappa shape index (κ2) is 6.29. The van der Waals surface area contributed by atoms with Crippen LogP contribution in [0.25, 0.3) is 11.0 Å². The van der Waals surface area contributed by atoms with Crippen LogP contribution in [0.5, 0.6) is 5.75 Å². The van der Waals surface area contributed by atoms with Crippen molar-refractivity contribution in [3.05, 3.63) is 45.3 Å². The Hall–Kier alpha value is -2.74. The molecule has 0 unspecified atom stereocenters. The normalized spacial score (nSPS) is 13.8. The van der Waals surface area contributed by atoms with Crippen LogP contribution in [-0.4, -0.2) is 22.7 Å². The molecule has 0 atom stereocenters. The minimum Gasteiger partial charge on any atom is -0.494 e. The van der Waals surface area contributed by atoms with Crippen LogP contribution in [0.2, 0.25) is 0 Å². The summed E-state index contributed by atoms with van der Waals surface area (Å²) in [5, 5.41) is 12.7. The number of fused-ring (bicyclic) bond motifs is 1. The van der Waals surface area contributed by atoms with E-state index in [9.17, 15) is 9.59 Å². The van der Waals surface area contributed by atoms with E-state index in [1.165, 1.54) is 17.4 Å². The molecule has 1 N–H and O–H groups in total. The Morgan fingerprint density at radius 2 is 2.20 bits per heavy atom. The van der Waals surface area contributed by atoms with Crippen molar-refractivity contribution in [3.63, 3.8) is 0 Å². The summed E-state index contributed by atoms with van der Waals surface area (Å²) in [6.45, 7) is 2.36. The number of benzene rings is 1. The summed E-state index contributed by atoms with van der Waals surface area (Å²) in [7, 11) is 0. The molecule has 1 aromatic carbocycles. The van der Waals surface area contributed by atoms with Gasteiger partial charge in [-0.05, 0) is 31.9 Å². The van der Waals surface area contributed by atoms with Gasteiger partial charge in [0.25, 0.3) is 5.91 Å². The molecule has 0 aliphatic heterocycles. The van der Waals surface area contributed by atoms with Gasteiger partial charge in [0, 0.05) is 23.4 Å². The lowest BCUT2D eigenvalue weighted by Crippen LogP contribution is -2.15. The molecule has 1 fully saturated rings. The van der Waals surface area contributed by atoms with Crippen molar-refractivity contribution in [1.82, 2.24) is 10.2 Å². The third-order valence-corrected chi connectivity index (χ3v) is 4.86. The molecule has 0 radical (unpaired) electrons. The highest BCUT2D eigenvalue weighted by Gasteiger charge is 2.28. The van der Waals surface area contributed by atoms with E-state index in [1.807, 2.05) is 6.92 Å². The Morgan fingerprint density at radius 1 is 1.36 bits per heavy atom. The van der Waals surface area contributed by atoms with Crippen LogP contribution < -0.4 is 15.7 Å². The summed E-state index contributed by atoms with van der Waals surface area (Å²) >= 11 is 1.37. The zero-order valence-electron chi connectivity index (χ0n) is 13.4. The van der Waals surface area contributed by atoms with Crippen LogP contribution >= 0.6 is 11.3 Å². The van der Waals surface area contributed by atoms with Gasteiger partial charge < -0.3 is 9.15 Å². The Balaban J connectivity index is 1.66. The van der Waals surface area contributed by atoms with Gasteiger partial charge in [-0.25, -0.2) is 4.79 Å². The second-order valence-electron chi connectivity index (χ2n) is 5.74.